The maximum absolute atomic E-state index is 5.67. The summed E-state index contributed by atoms with van der Waals surface area (Å²) >= 11 is 9.00. The van der Waals surface area contributed by atoms with E-state index in [1.54, 1.807) is 0 Å². The highest BCUT2D eigenvalue weighted by Crippen LogP contribution is 2.10. The van der Waals surface area contributed by atoms with Crippen LogP contribution in [0.15, 0.2) is 23.4 Å². The minimum Gasteiger partial charge on any atom is -0.364 e. The molecular formula is C6H7BrClN. The van der Waals surface area contributed by atoms with Crippen LogP contribution >= 0.6 is 27.5 Å². The molecule has 0 saturated carbocycles. The summed E-state index contributed by atoms with van der Waals surface area (Å²) in [5.74, 6) is 0. The Kier molecular flexibility index (Phi) is 2.61. The molecule has 0 N–H and O–H groups in total. The molecule has 0 radical (unpaired) electrons. The summed E-state index contributed by atoms with van der Waals surface area (Å²) in [5.41, 5.74) is 0.865. The zero-order chi connectivity index (χ0) is 6.69. The van der Waals surface area contributed by atoms with Crippen LogP contribution in [0.4, 0.5) is 0 Å². The second-order valence-corrected chi connectivity index (χ2v) is 2.73. The predicted molar refractivity (Wildman–Crippen MR) is 43.6 cm³/mol. The van der Waals surface area contributed by atoms with Gasteiger partial charge in [-0.05, 0) is 12.2 Å². The van der Waals surface area contributed by atoms with Gasteiger partial charge in [-0.25, -0.2) is 0 Å². The monoisotopic (exact) mass is 207 g/mol. The Balaban J connectivity index is 2.48. The summed E-state index contributed by atoms with van der Waals surface area (Å²) in [6, 6.07) is 0. The number of halogens is 2. The molecule has 1 aliphatic heterocycles. The van der Waals surface area contributed by atoms with Gasteiger partial charge in [-0.3, -0.25) is 0 Å². The molecule has 0 bridgehead atoms. The Morgan fingerprint density at radius 1 is 1.78 bits per heavy atom. The van der Waals surface area contributed by atoms with Crippen molar-refractivity contribution in [2.75, 3.05) is 12.0 Å². The molecule has 0 unspecified atom stereocenters. The minimum atomic E-state index is 0.826. The Morgan fingerprint density at radius 3 is 3.00 bits per heavy atom. The molecular weight excluding hydrogens is 201 g/mol. The molecule has 50 valence electrons. The van der Waals surface area contributed by atoms with E-state index in [9.17, 15) is 0 Å². The quantitative estimate of drug-likeness (QED) is 0.472. The largest absolute Gasteiger partial charge is 0.364 e. The van der Waals surface area contributed by atoms with E-state index in [0.29, 0.717) is 0 Å². The maximum Gasteiger partial charge on any atom is 0.0733 e. The van der Waals surface area contributed by atoms with Gasteiger partial charge in [0.2, 0.25) is 0 Å². The molecule has 1 aliphatic rings. The zero-order valence-corrected chi connectivity index (χ0v) is 7.19. The lowest BCUT2D eigenvalue weighted by Crippen LogP contribution is -2.16. The van der Waals surface area contributed by atoms with Gasteiger partial charge < -0.3 is 4.90 Å². The average Bonchev–Trinajstić information content (AvgIpc) is 1.90. The Bertz CT molecular complexity index is 153. The van der Waals surface area contributed by atoms with Gasteiger partial charge in [-0.2, -0.15) is 0 Å². The molecule has 0 amide bonds. The third kappa shape index (κ3) is 2.03. The zero-order valence-electron chi connectivity index (χ0n) is 4.85. The third-order valence-corrected chi connectivity index (χ3v) is 2.04. The molecule has 0 spiro atoms. The van der Waals surface area contributed by atoms with E-state index >= 15 is 0 Å². The summed E-state index contributed by atoms with van der Waals surface area (Å²) in [5, 5.41) is 0.826. The van der Waals surface area contributed by atoms with Crippen molar-refractivity contribution in [1.82, 2.24) is 4.90 Å². The lowest BCUT2D eigenvalue weighted by Gasteiger charge is -2.17. The van der Waals surface area contributed by atoms with E-state index in [4.69, 9.17) is 11.6 Å². The van der Waals surface area contributed by atoms with Gasteiger partial charge in [0.15, 0.2) is 0 Å². The molecule has 0 aromatic carbocycles. The standard InChI is InChI=1S/C6H7BrClN/c7-5-9-3-1-6(8)2-4-9/h1-3H,4-5H2. The Morgan fingerprint density at radius 2 is 2.56 bits per heavy atom. The van der Waals surface area contributed by atoms with E-state index in [1.165, 1.54) is 0 Å². The maximum atomic E-state index is 5.67. The second-order valence-electron chi connectivity index (χ2n) is 1.80. The highest BCUT2D eigenvalue weighted by Gasteiger charge is 1.98. The summed E-state index contributed by atoms with van der Waals surface area (Å²) in [6.07, 6.45) is 5.83. The molecule has 1 heterocycles. The van der Waals surface area contributed by atoms with Crippen molar-refractivity contribution >= 4 is 27.5 Å². The predicted octanol–water partition coefficient (Wildman–Crippen LogP) is 2.29. The normalized spacial score (nSPS) is 18.0. The molecule has 0 aromatic rings. The van der Waals surface area contributed by atoms with Crippen LogP contribution in [0.1, 0.15) is 0 Å². The fourth-order valence-electron chi connectivity index (χ4n) is 0.599. The number of allylic oxidation sites excluding steroid dienone is 2. The highest BCUT2D eigenvalue weighted by molar-refractivity contribution is 9.09. The van der Waals surface area contributed by atoms with Crippen molar-refractivity contribution < 1.29 is 0 Å². The SMILES string of the molecule is ClC1=CCN(CBr)C=C1. The molecule has 0 aromatic heterocycles. The van der Waals surface area contributed by atoms with Crippen LogP contribution in [0.3, 0.4) is 0 Å². The van der Waals surface area contributed by atoms with E-state index < -0.39 is 0 Å². The van der Waals surface area contributed by atoms with Crippen molar-refractivity contribution in [3.8, 4) is 0 Å². The molecule has 0 aliphatic carbocycles. The summed E-state index contributed by atoms with van der Waals surface area (Å²) < 4.78 is 0. The first kappa shape index (κ1) is 7.16. The van der Waals surface area contributed by atoms with Gasteiger partial charge in [0.1, 0.15) is 0 Å². The van der Waals surface area contributed by atoms with Crippen molar-refractivity contribution in [3.05, 3.63) is 23.4 Å². The van der Waals surface area contributed by atoms with Gasteiger partial charge in [-0.15, -0.1) is 0 Å². The molecule has 1 nitrogen and oxygen atoms in total. The summed E-state index contributed by atoms with van der Waals surface area (Å²) in [6.45, 7) is 0.903. The number of hydrogen-bond acceptors (Lipinski definition) is 1. The van der Waals surface area contributed by atoms with E-state index in [0.717, 1.165) is 17.0 Å². The van der Waals surface area contributed by atoms with Crippen LogP contribution in [0.25, 0.3) is 0 Å². The average molecular weight is 208 g/mol. The van der Waals surface area contributed by atoms with Gasteiger partial charge in [0.05, 0.1) is 5.45 Å². The molecule has 0 fully saturated rings. The first-order valence-electron chi connectivity index (χ1n) is 2.67. The van der Waals surface area contributed by atoms with Crippen LogP contribution < -0.4 is 0 Å². The summed E-state index contributed by atoms with van der Waals surface area (Å²) in [7, 11) is 0. The first-order valence-corrected chi connectivity index (χ1v) is 4.17. The van der Waals surface area contributed by atoms with Crippen LogP contribution in [0, 0.1) is 0 Å². The minimum absolute atomic E-state index is 0.826. The topological polar surface area (TPSA) is 3.24 Å². The molecule has 3 heteroatoms. The lowest BCUT2D eigenvalue weighted by atomic mass is 10.4. The van der Waals surface area contributed by atoms with Crippen molar-refractivity contribution in [3.63, 3.8) is 0 Å². The van der Waals surface area contributed by atoms with Crippen LogP contribution in [-0.4, -0.2) is 16.9 Å². The molecule has 1 rings (SSSR count). The van der Waals surface area contributed by atoms with E-state index in [1.807, 2.05) is 18.4 Å². The van der Waals surface area contributed by atoms with E-state index in [-0.39, 0.29) is 0 Å². The van der Waals surface area contributed by atoms with Gasteiger partial charge in [0, 0.05) is 17.8 Å². The Labute approximate surface area is 68.1 Å². The molecule has 0 atom stereocenters. The number of nitrogens with zero attached hydrogens (tertiary/aromatic N) is 1. The first-order chi connectivity index (χ1) is 4.33. The van der Waals surface area contributed by atoms with Gasteiger partial charge in [-0.1, -0.05) is 27.5 Å². The molecule has 9 heavy (non-hydrogen) atoms. The van der Waals surface area contributed by atoms with Crippen molar-refractivity contribution in [2.45, 2.75) is 0 Å². The second kappa shape index (κ2) is 3.28. The lowest BCUT2D eigenvalue weighted by molar-refractivity contribution is 0.489. The van der Waals surface area contributed by atoms with Crippen molar-refractivity contribution in [2.24, 2.45) is 0 Å². The highest BCUT2D eigenvalue weighted by atomic mass is 79.9. The third-order valence-electron chi connectivity index (χ3n) is 1.12. The Hall–Kier alpha value is 0.0500. The van der Waals surface area contributed by atoms with Gasteiger partial charge in [0.25, 0.3) is 0 Å². The van der Waals surface area contributed by atoms with Crippen molar-refractivity contribution in [1.29, 1.82) is 0 Å². The summed E-state index contributed by atoms with van der Waals surface area (Å²) in [4.78, 5) is 2.10. The fraction of sp³-hybridized carbons (Fsp3) is 0.333. The van der Waals surface area contributed by atoms with Crippen LogP contribution in [0.5, 0.6) is 0 Å². The van der Waals surface area contributed by atoms with Crippen LogP contribution in [0.2, 0.25) is 0 Å². The van der Waals surface area contributed by atoms with Gasteiger partial charge >= 0.3 is 0 Å². The fourth-order valence-corrected chi connectivity index (χ4v) is 1.10. The van der Waals surface area contributed by atoms with Crippen LogP contribution in [-0.2, 0) is 0 Å². The smallest absolute Gasteiger partial charge is 0.0733 e. The van der Waals surface area contributed by atoms with E-state index in [2.05, 4.69) is 20.8 Å². The number of hydrogen-bond donors (Lipinski definition) is 0. The number of rotatable bonds is 1. The molecule has 0 saturated heterocycles. The number of alkyl halides is 1.